The fourth-order valence-corrected chi connectivity index (χ4v) is 2.37. The average molecular weight is 304 g/mol. The van der Waals surface area contributed by atoms with Gasteiger partial charge in [-0.3, -0.25) is 4.79 Å². The Kier molecular flexibility index (Phi) is 4.29. The number of hydrogen-bond acceptors (Lipinski definition) is 4. The molecule has 1 heterocycles. The van der Waals surface area contributed by atoms with Crippen LogP contribution >= 0.6 is 0 Å². The van der Waals surface area contributed by atoms with Crippen LogP contribution in [0.4, 0.5) is 5.82 Å². The van der Waals surface area contributed by atoms with Crippen LogP contribution in [0, 0.1) is 0 Å². The third-order valence-corrected chi connectivity index (χ3v) is 3.48. The summed E-state index contributed by atoms with van der Waals surface area (Å²) in [5, 5.41) is 2.99. The van der Waals surface area contributed by atoms with Gasteiger partial charge in [-0.05, 0) is 11.1 Å². The van der Waals surface area contributed by atoms with E-state index in [1.807, 2.05) is 60.7 Å². The molecule has 0 saturated heterocycles. The summed E-state index contributed by atoms with van der Waals surface area (Å²) in [5.41, 5.74) is 7.83. The number of nitrogen functional groups attached to an aromatic ring is 1. The normalized spacial score (nSPS) is 10.5. The molecule has 0 spiro atoms. The Labute approximate surface area is 134 Å². The highest BCUT2D eigenvalue weighted by atomic mass is 16.2. The Morgan fingerprint density at radius 3 is 1.91 bits per heavy atom. The van der Waals surface area contributed by atoms with Crippen LogP contribution < -0.4 is 11.1 Å². The lowest BCUT2D eigenvalue weighted by Crippen LogP contribution is -2.30. The number of anilines is 1. The molecule has 0 aliphatic rings. The summed E-state index contributed by atoms with van der Waals surface area (Å²) in [7, 11) is 0. The highest BCUT2D eigenvalue weighted by molar-refractivity contribution is 5.96. The molecule has 5 nitrogen and oxygen atoms in total. The van der Waals surface area contributed by atoms with Crippen molar-refractivity contribution in [1.82, 2.24) is 15.3 Å². The molecule has 0 atom stereocenters. The van der Waals surface area contributed by atoms with Crippen LogP contribution in [0.25, 0.3) is 0 Å². The molecule has 0 radical (unpaired) electrons. The van der Waals surface area contributed by atoms with E-state index in [1.54, 1.807) is 0 Å². The maximum atomic E-state index is 12.5. The van der Waals surface area contributed by atoms with Gasteiger partial charge in [-0.15, -0.1) is 0 Å². The largest absolute Gasteiger partial charge is 0.382 e. The first kappa shape index (κ1) is 14.7. The molecule has 0 unspecified atom stereocenters. The van der Waals surface area contributed by atoms with Crippen LogP contribution in [0.2, 0.25) is 0 Å². The number of rotatable bonds is 4. The van der Waals surface area contributed by atoms with Gasteiger partial charge in [-0.1, -0.05) is 60.7 Å². The van der Waals surface area contributed by atoms with Crippen molar-refractivity contribution in [3.8, 4) is 0 Å². The Balaban J connectivity index is 1.94. The van der Waals surface area contributed by atoms with E-state index in [0.29, 0.717) is 0 Å². The van der Waals surface area contributed by atoms with E-state index in [-0.39, 0.29) is 23.5 Å². The second-order valence-corrected chi connectivity index (χ2v) is 5.02. The Morgan fingerprint density at radius 2 is 1.39 bits per heavy atom. The van der Waals surface area contributed by atoms with E-state index in [1.165, 1.54) is 12.4 Å². The number of nitrogens with two attached hydrogens (primary N) is 1. The molecule has 114 valence electrons. The fourth-order valence-electron chi connectivity index (χ4n) is 2.37. The lowest BCUT2D eigenvalue weighted by molar-refractivity contribution is 0.0938. The minimum absolute atomic E-state index is 0.116. The van der Waals surface area contributed by atoms with Crippen LogP contribution in [0.5, 0.6) is 0 Å². The van der Waals surface area contributed by atoms with Crippen molar-refractivity contribution in [2.24, 2.45) is 0 Å². The van der Waals surface area contributed by atoms with E-state index in [0.717, 1.165) is 11.1 Å². The highest BCUT2D eigenvalue weighted by Gasteiger charge is 2.20. The standard InChI is InChI=1S/C18H16N4O/c19-17-16(20-11-12-21-17)18(23)22-15(13-7-3-1-4-8-13)14-9-5-2-6-10-14/h1-12,15H,(H2,19,21)(H,22,23). The number of nitrogens with zero attached hydrogens (tertiary/aromatic N) is 2. The molecule has 23 heavy (non-hydrogen) atoms. The molecule has 0 bridgehead atoms. The van der Waals surface area contributed by atoms with Crippen LogP contribution in [0.3, 0.4) is 0 Å². The summed E-state index contributed by atoms with van der Waals surface area (Å²) >= 11 is 0. The first-order chi connectivity index (χ1) is 11.3. The summed E-state index contributed by atoms with van der Waals surface area (Å²) in [6.07, 6.45) is 2.91. The van der Waals surface area contributed by atoms with Crippen molar-refractivity contribution in [2.45, 2.75) is 6.04 Å². The second kappa shape index (κ2) is 6.70. The van der Waals surface area contributed by atoms with Gasteiger partial charge in [0.2, 0.25) is 0 Å². The summed E-state index contributed by atoms with van der Waals surface area (Å²) < 4.78 is 0. The Bertz CT molecular complexity index is 751. The maximum Gasteiger partial charge on any atom is 0.274 e. The number of aromatic nitrogens is 2. The first-order valence-corrected chi connectivity index (χ1v) is 7.23. The van der Waals surface area contributed by atoms with Crippen LogP contribution in [-0.2, 0) is 0 Å². The van der Waals surface area contributed by atoms with Gasteiger partial charge in [-0.2, -0.15) is 0 Å². The van der Waals surface area contributed by atoms with Crippen molar-refractivity contribution in [2.75, 3.05) is 5.73 Å². The molecule has 5 heteroatoms. The lowest BCUT2D eigenvalue weighted by Gasteiger charge is -2.19. The van der Waals surface area contributed by atoms with Gasteiger partial charge in [0, 0.05) is 12.4 Å². The zero-order valence-corrected chi connectivity index (χ0v) is 12.4. The molecule has 1 amide bonds. The quantitative estimate of drug-likeness (QED) is 0.776. The summed E-state index contributed by atoms with van der Waals surface area (Å²) in [5.74, 6) is -0.238. The molecule has 3 aromatic rings. The number of carbonyl (C=O) groups excluding carboxylic acids is 1. The maximum absolute atomic E-state index is 12.5. The average Bonchev–Trinajstić information content (AvgIpc) is 2.61. The molecule has 0 saturated carbocycles. The number of carbonyl (C=O) groups is 1. The monoisotopic (exact) mass is 304 g/mol. The number of benzene rings is 2. The molecule has 0 aliphatic heterocycles. The van der Waals surface area contributed by atoms with E-state index in [4.69, 9.17) is 5.73 Å². The minimum atomic E-state index is -0.353. The van der Waals surface area contributed by atoms with Gasteiger partial charge in [0.15, 0.2) is 11.5 Å². The van der Waals surface area contributed by atoms with E-state index in [2.05, 4.69) is 15.3 Å². The topological polar surface area (TPSA) is 80.9 Å². The van der Waals surface area contributed by atoms with E-state index in [9.17, 15) is 4.79 Å². The van der Waals surface area contributed by atoms with Gasteiger partial charge in [0.1, 0.15) is 0 Å². The summed E-state index contributed by atoms with van der Waals surface area (Å²) in [6, 6.07) is 19.2. The van der Waals surface area contributed by atoms with Crippen LogP contribution in [-0.4, -0.2) is 15.9 Å². The van der Waals surface area contributed by atoms with E-state index < -0.39 is 0 Å². The predicted molar refractivity (Wildman–Crippen MR) is 88.6 cm³/mol. The Hall–Kier alpha value is -3.21. The van der Waals surface area contributed by atoms with Crippen molar-refractivity contribution in [3.05, 3.63) is 89.9 Å². The van der Waals surface area contributed by atoms with Crippen molar-refractivity contribution >= 4 is 11.7 Å². The first-order valence-electron chi connectivity index (χ1n) is 7.23. The predicted octanol–water partition coefficient (Wildman–Crippen LogP) is 2.58. The number of nitrogens with one attached hydrogen (secondary N) is 1. The minimum Gasteiger partial charge on any atom is -0.382 e. The van der Waals surface area contributed by atoms with Crippen molar-refractivity contribution < 1.29 is 4.79 Å². The second-order valence-electron chi connectivity index (χ2n) is 5.02. The molecular weight excluding hydrogens is 288 g/mol. The van der Waals surface area contributed by atoms with Crippen molar-refractivity contribution in [1.29, 1.82) is 0 Å². The van der Waals surface area contributed by atoms with Gasteiger partial charge in [-0.25, -0.2) is 9.97 Å². The molecule has 0 aliphatic carbocycles. The van der Waals surface area contributed by atoms with Crippen LogP contribution in [0.1, 0.15) is 27.7 Å². The van der Waals surface area contributed by atoms with Gasteiger partial charge < -0.3 is 11.1 Å². The van der Waals surface area contributed by atoms with Crippen LogP contribution in [0.15, 0.2) is 73.1 Å². The molecule has 1 aromatic heterocycles. The van der Waals surface area contributed by atoms with Gasteiger partial charge >= 0.3 is 0 Å². The fraction of sp³-hybridized carbons (Fsp3) is 0.0556. The molecular formula is C18H16N4O. The molecule has 3 N–H and O–H groups in total. The van der Waals surface area contributed by atoms with E-state index >= 15 is 0 Å². The lowest BCUT2D eigenvalue weighted by atomic mass is 9.98. The smallest absolute Gasteiger partial charge is 0.274 e. The summed E-state index contributed by atoms with van der Waals surface area (Å²) in [4.78, 5) is 20.5. The number of hydrogen-bond donors (Lipinski definition) is 2. The zero-order valence-electron chi connectivity index (χ0n) is 12.4. The SMILES string of the molecule is Nc1nccnc1C(=O)NC(c1ccccc1)c1ccccc1. The van der Waals surface area contributed by atoms with Crippen molar-refractivity contribution in [3.63, 3.8) is 0 Å². The summed E-state index contributed by atoms with van der Waals surface area (Å²) in [6.45, 7) is 0. The third kappa shape index (κ3) is 3.35. The molecule has 0 fully saturated rings. The Morgan fingerprint density at radius 1 is 0.870 bits per heavy atom. The third-order valence-electron chi connectivity index (χ3n) is 3.48. The zero-order chi connectivity index (χ0) is 16.1. The molecule has 2 aromatic carbocycles. The van der Waals surface area contributed by atoms with Gasteiger partial charge in [0.25, 0.3) is 5.91 Å². The number of amides is 1. The van der Waals surface area contributed by atoms with Gasteiger partial charge in [0.05, 0.1) is 6.04 Å². The highest BCUT2D eigenvalue weighted by Crippen LogP contribution is 2.22. The molecule has 3 rings (SSSR count).